The van der Waals surface area contributed by atoms with Crippen LogP contribution in [0.2, 0.25) is 0 Å². The molecule has 0 heterocycles. The third-order valence-electron chi connectivity index (χ3n) is 4.85. The standard InChI is InChI=1S/C20H20/c1-2-14-7-8-16-10-11-18-17-6-4-3-5-15(17)9-12-19(18)20(16)13-14/h4,6-8,10-11,13H,2-3,5,9,12H2,1H3. The summed E-state index contributed by atoms with van der Waals surface area (Å²) in [6, 6.07) is 11.6. The Labute approximate surface area is 120 Å². The molecule has 0 heteroatoms. The van der Waals surface area contributed by atoms with E-state index in [2.05, 4.69) is 49.4 Å². The molecule has 0 spiro atoms. The topological polar surface area (TPSA) is 0 Å². The fourth-order valence-corrected chi connectivity index (χ4v) is 3.70. The number of allylic oxidation sites excluding steroid dienone is 4. The Morgan fingerprint density at radius 3 is 2.80 bits per heavy atom. The lowest BCUT2D eigenvalue weighted by Crippen LogP contribution is -2.07. The van der Waals surface area contributed by atoms with Gasteiger partial charge in [0.1, 0.15) is 0 Å². The molecule has 0 saturated heterocycles. The van der Waals surface area contributed by atoms with Gasteiger partial charge in [0.05, 0.1) is 0 Å². The van der Waals surface area contributed by atoms with E-state index in [0.717, 1.165) is 6.42 Å². The first kappa shape index (κ1) is 12.0. The molecule has 100 valence electrons. The molecular weight excluding hydrogens is 240 g/mol. The zero-order chi connectivity index (χ0) is 13.5. The molecule has 0 atom stereocenters. The van der Waals surface area contributed by atoms with Gasteiger partial charge in [-0.2, -0.15) is 0 Å². The van der Waals surface area contributed by atoms with Crippen LogP contribution in [-0.2, 0) is 12.8 Å². The summed E-state index contributed by atoms with van der Waals surface area (Å²) in [6.45, 7) is 2.24. The summed E-state index contributed by atoms with van der Waals surface area (Å²) in [5.41, 5.74) is 7.70. The third-order valence-corrected chi connectivity index (χ3v) is 4.85. The minimum atomic E-state index is 1.12. The van der Waals surface area contributed by atoms with E-state index in [-0.39, 0.29) is 0 Å². The van der Waals surface area contributed by atoms with Gasteiger partial charge in [-0.1, -0.05) is 55.0 Å². The van der Waals surface area contributed by atoms with Gasteiger partial charge in [0.25, 0.3) is 0 Å². The largest absolute Gasteiger partial charge is 0.0836 e. The van der Waals surface area contributed by atoms with Crippen molar-refractivity contribution in [2.24, 2.45) is 0 Å². The van der Waals surface area contributed by atoms with E-state index in [0.29, 0.717) is 0 Å². The number of fused-ring (bicyclic) bond motifs is 4. The SMILES string of the molecule is CCc1ccc2ccc3c(c2c1)CCC1=C3C=CCC1. The highest BCUT2D eigenvalue weighted by atomic mass is 14.2. The van der Waals surface area contributed by atoms with Gasteiger partial charge in [-0.3, -0.25) is 0 Å². The van der Waals surface area contributed by atoms with Gasteiger partial charge in [0.15, 0.2) is 0 Å². The normalized spacial score (nSPS) is 17.2. The predicted molar refractivity (Wildman–Crippen MR) is 86.9 cm³/mol. The maximum absolute atomic E-state index is 2.41. The Balaban J connectivity index is 1.98. The van der Waals surface area contributed by atoms with Crippen molar-refractivity contribution in [2.75, 3.05) is 0 Å². The molecule has 0 N–H and O–H groups in total. The van der Waals surface area contributed by atoms with Crippen LogP contribution in [0.1, 0.15) is 42.9 Å². The molecule has 0 aromatic heterocycles. The van der Waals surface area contributed by atoms with Gasteiger partial charge in [0, 0.05) is 0 Å². The first-order chi connectivity index (χ1) is 9.86. The van der Waals surface area contributed by atoms with Crippen molar-refractivity contribution in [1.82, 2.24) is 0 Å². The molecule has 4 rings (SSSR count). The maximum Gasteiger partial charge on any atom is -0.0143 e. The summed E-state index contributed by atoms with van der Waals surface area (Å²) >= 11 is 0. The first-order valence-electron chi connectivity index (χ1n) is 7.80. The lowest BCUT2D eigenvalue weighted by Gasteiger charge is -2.25. The smallest absolute Gasteiger partial charge is 0.0143 e. The third kappa shape index (κ3) is 1.75. The molecule has 0 aliphatic heterocycles. The van der Waals surface area contributed by atoms with Gasteiger partial charge < -0.3 is 0 Å². The van der Waals surface area contributed by atoms with E-state index in [1.54, 1.807) is 11.1 Å². The fraction of sp³-hybridized carbons (Fsp3) is 0.300. The van der Waals surface area contributed by atoms with Crippen LogP contribution < -0.4 is 0 Å². The average molecular weight is 260 g/mol. The monoisotopic (exact) mass is 260 g/mol. The Morgan fingerprint density at radius 1 is 1.00 bits per heavy atom. The van der Waals surface area contributed by atoms with E-state index >= 15 is 0 Å². The lowest BCUT2D eigenvalue weighted by atomic mass is 9.79. The Morgan fingerprint density at radius 2 is 1.90 bits per heavy atom. The molecule has 0 radical (unpaired) electrons. The van der Waals surface area contributed by atoms with Gasteiger partial charge in [-0.05, 0) is 65.1 Å². The average Bonchev–Trinajstić information content (AvgIpc) is 2.53. The zero-order valence-electron chi connectivity index (χ0n) is 12.1. The number of hydrogen-bond donors (Lipinski definition) is 0. The molecule has 0 amide bonds. The van der Waals surface area contributed by atoms with Crippen molar-refractivity contribution in [1.29, 1.82) is 0 Å². The number of aryl methyl sites for hydroxylation is 2. The Hall–Kier alpha value is -1.82. The molecule has 2 aromatic rings. The van der Waals surface area contributed by atoms with Crippen molar-refractivity contribution in [3.63, 3.8) is 0 Å². The van der Waals surface area contributed by atoms with E-state index < -0.39 is 0 Å². The van der Waals surface area contributed by atoms with Crippen molar-refractivity contribution in [2.45, 2.75) is 39.0 Å². The minimum Gasteiger partial charge on any atom is -0.0836 e. The molecule has 2 aromatic carbocycles. The van der Waals surface area contributed by atoms with Gasteiger partial charge in [0.2, 0.25) is 0 Å². The van der Waals surface area contributed by atoms with E-state index in [4.69, 9.17) is 0 Å². The van der Waals surface area contributed by atoms with Crippen LogP contribution in [0.3, 0.4) is 0 Å². The zero-order valence-corrected chi connectivity index (χ0v) is 12.1. The molecular formula is C20H20. The highest BCUT2D eigenvalue weighted by molar-refractivity contribution is 5.94. The Bertz CT molecular complexity index is 744. The summed E-state index contributed by atoms with van der Waals surface area (Å²) in [5.74, 6) is 0. The fourth-order valence-electron chi connectivity index (χ4n) is 3.70. The van der Waals surface area contributed by atoms with Crippen molar-refractivity contribution in [3.05, 3.63) is 64.7 Å². The highest BCUT2D eigenvalue weighted by Gasteiger charge is 2.20. The number of hydrogen-bond acceptors (Lipinski definition) is 0. The summed E-state index contributed by atoms with van der Waals surface area (Å²) < 4.78 is 0. The van der Waals surface area contributed by atoms with Crippen LogP contribution in [0.15, 0.2) is 48.1 Å². The van der Waals surface area contributed by atoms with Crippen molar-refractivity contribution < 1.29 is 0 Å². The van der Waals surface area contributed by atoms with Crippen LogP contribution in [0, 0.1) is 0 Å². The number of rotatable bonds is 1. The van der Waals surface area contributed by atoms with Crippen molar-refractivity contribution in [3.8, 4) is 0 Å². The summed E-state index contributed by atoms with van der Waals surface area (Å²) in [4.78, 5) is 0. The predicted octanol–water partition coefficient (Wildman–Crippen LogP) is 5.45. The van der Waals surface area contributed by atoms with Crippen LogP contribution in [0.4, 0.5) is 0 Å². The maximum atomic E-state index is 2.41. The highest BCUT2D eigenvalue weighted by Crippen LogP contribution is 2.39. The molecule has 20 heavy (non-hydrogen) atoms. The molecule has 0 saturated carbocycles. The number of benzene rings is 2. The van der Waals surface area contributed by atoms with Gasteiger partial charge >= 0.3 is 0 Å². The molecule has 0 unspecified atom stereocenters. The second kappa shape index (κ2) is 4.63. The van der Waals surface area contributed by atoms with E-state index in [1.807, 2.05) is 0 Å². The second-order valence-electron chi connectivity index (χ2n) is 5.96. The molecule has 2 aliphatic carbocycles. The molecule has 2 aliphatic rings. The van der Waals surface area contributed by atoms with Gasteiger partial charge in [-0.15, -0.1) is 0 Å². The van der Waals surface area contributed by atoms with Crippen LogP contribution in [-0.4, -0.2) is 0 Å². The summed E-state index contributed by atoms with van der Waals surface area (Å²) in [6.07, 6.45) is 10.8. The Kier molecular flexibility index (Phi) is 2.77. The second-order valence-corrected chi connectivity index (χ2v) is 5.96. The van der Waals surface area contributed by atoms with Crippen LogP contribution >= 0.6 is 0 Å². The van der Waals surface area contributed by atoms with Gasteiger partial charge in [-0.25, -0.2) is 0 Å². The lowest BCUT2D eigenvalue weighted by molar-refractivity contribution is 0.831. The summed E-state index contributed by atoms with van der Waals surface area (Å²) in [7, 11) is 0. The van der Waals surface area contributed by atoms with Crippen LogP contribution in [0.25, 0.3) is 16.3 Å². The molecule has 0 bridgehead atoms. The molecule has 0 fully saturated rings. The van der Waals surface area contributed by atoms with Crippen LogP contribution in [0.5, 0.6) is 0 Å². The summed E-state index contributed by atoms with van der Waals surface area (Å²) in [5, 5.41) is 2.87. The molecule has 0 nitrogen and oxygen atoms in total. The first-order valence-corrected chi connectivity index (χ1v) is 7.80. The van der Waals surface area contributed by atoms with Crippen molar-refractivity contribution >= 4 is 16.3 Å². The van der Waals surface area contributed by atoms with E-state index in [9.17, 15) is 0 Å². The quantitative estimate of drug-likeness (QED) is 0.639. The van der Waals surface area contributed by atoms with E-state index in [1.165, 1.54) is 53.2 Å². The minimum absolute atomic E-state index is 1.12.